The Hall–Kier alpha value is -1.44. The monoisotopic (exact) mass is 304 g/mol. The van der Waals surface area contributed by atoms with E-state index in [4.69, 9.17) is 17.4 Å². The lowest BCUT2D eigenvalue weighted by Gasteiger charge is -2.08. The van der Waals surface area contributed by atoms with E-state index in [2.05, 4.69) is 15.7 Å². The van der Waals surface area contributed by atoms with Gasteiger partial charge in [0.2, 0.25) is 0 Å². The van der Waals surface area contributed by atoms with Crippen LogP contribution in [0.4, 0.5) is 20.4 Å². The number of rotatable bonds is 5. The second-order valence-corrected chi connectivity index (χ2v) is 5.48. The number of hydrogen-bond donors (Lipinski definition) is 3. The van der Waals surface area contributed by atoms with E-state index in [1.807, 2.05) is 6.07 Å². The molecular formula is C11H11ClF2N4S. The number of aromatic nitrogens is 1. The van der Waals surface area contributed by atoms with Crippen LogP contribution in [0.2, 0.25) is 4.34 Å². The summed E-state index contributed by atoms with van der Waals surface area (Å²) in [5, 5.41) is 2.79. The number of hydrazine groups is 1. The van der Waals surface area contributed by atoms with E-state index in [0.717, 1.165) is 10.9 Å². The van der Waals surface area contributed by atoms with Gasteiger partial charge >= 0.3 is 0 Å². The molecule has 4 nitrogen and oxygen atoms in total. The Balaban J connectivity index is 1.99. The van der Waals surface area contributed by atoms with Gasteiger partial charge in [-0.25, -0.2) is 19.6 Å². The molecule has 0 bridgehead atoms. The molecule has 0 aliphatic rings. The molecule has 2 aromatic heterocycles. The van der Waals surface area contributed by atoms with E-state index in [1.54, 1.807) is 6.07 Å². The number of pyridine rings is 1. The summed E-state index contributed by atoms with van der Waals surface area (Å²) in [5.41, 5.74) is 2.07. The maximum absolute atomic E-state index is 13.4. The van der Waals surface area contributed by atoms with Crippen molar-refractivity contribution in [2.45, 2.75) is 6.42 Å². The van der Waals surface area contributed by atoms with Crippen LogP contribution in [0.1, 0.15) is 4.88 Å². The van der Waals surface area contributed by atoms with Gasteiger partial charge in [0.15, 0.2) is 23.3 Å². The third kappa shape index (κ3) is 3.52. The number of nitrogens with one attached hydrogen (secondary N) is 2. The van der Waals surface area contributed by atoms with Crippen LogP contribution in [-0.2, 0) is 6.42 Å². The fraction of sp³-hybridized carbons (Fsp3) is 0.182. The Bertz CT molecular complexity index is 576. The van der Waals surface area contributed by atoms with Crippen LogP contribution < -0.4 is 16.6 Å². The van der Waals surface area contributed by atoms with Crippen LogP contribution in [0.3, 0.4) is 0 Å². The summed E-state index contributed by atoms with van der Waals surface area (Å²) in [7, 11) is 0. The van der Waals surface area contributed by atoms with Crippen molar-refractivity contribution in [3.8, 4) is 0 Å². The van der Waals surface area contributed by atoms with Crippen molar-refractivity contribution in [3.05, 3.63) is 39.0 Å². The van der Waals surface area contributed by atoms with E-state index >= 15 is 0 Å². The van der Waals surface area contributed by atoms with Gasteiger partial charge in [-0.05, 0) is 18.6 Å². The second-order valence-electron chi connectivity index (χ2n) is 3.68. The second kappa shape index (κ2) is 6.14. The van der Waals surface area contributed by atoms with Crippen LogP contribution in [0.25, 0.3) is 0 Å². The maximum Gasteiger partial charge on any atom is 0.178 e. The summed E-state index contributed by atoms with van der Waals surface area (Å²) in [6.45, 7) is 0.455. The van der Waals surface area contributed by atoms with Crippen molar-refractivity contribution in [1.82, 2.24) is 4.98 Å². The minimum atomic E-state index is -0.837. The van der Waals surface area contributed by atoms with E-state index < -0.39 is 11.6 Å². The number of thiophene rings is 1. The summed E-state index contributed by atoms with van der Waals surface area (Å²) < 4.78 is 27.3. The van der Waals surface area contributed by atoms with Crippen LogP contribution in [0.15, 0.2) is 18.2 Å². The molecule has 0 aliphatic heterocycles. The Kier molecular flexibility index (Phi) is 4.52. The van der Waals surface area contributed by atoms with Gasteiger partial charge < -0.3 is 10.7 Å². The first-order valence-corrected chi connectivity index (χ1v) is 6.60. The van der Waals surface area contributed by atoms with Crippen molar-refractivity contribution in [2.75, 3.05) is 17.3 Å². The predicted molar refractivity (Wildman–Crippen MR) is 73.5 cm³/mol. The number of halogens is 3. The summed E-state index contributed by atoms with van der Waals surface area (Å²) in [5.74, 6) is 3.23. The number of anilines is 2. The average molecular weight is 305 g/mol. The zero-order valence-corrected chi connectivity index (χ0v) is 11.3. The third-order valence-electron chi connectivity index (χ3n) is 2.36. The first-order chi connectivity index (χ1) is 9.10. The quantitative estimate of drug-likeness (QED) is 0.587. The van der Waals surface area contributed by atoms with E-state index in [9.17, 15) is 8.78 Å². The maximum atomic E-state index is 13.4. The Morgan fingerprint density at radius 3 is 2.63 bits per heavy atom. The molecule has 4 N–H and O–H groups in total. The summed E-state index contributed by atoms with van der Waals surface area (Å²) in [6, 6.07) is 4.43. The molecule has 0 aliphatic carbocycles. The van der Waals surface area contributed by atoms with Crippen molar-refractivity contribution in [3.63, 3.8) is 0 Å². The summed E-state index contributed by atoms with van der Waals surface area (Å²) in [6.07, 6.45) is 0.668. The lowest BCUT2D eigenvalue weighted by molar-refractivity contribution is 0.578. The molecule has 2 rings (SSSR count). The van der Waals surface area contributed by atoms with Crippen molar-refractivity contribution >= 4 is 34.6 Å². The molecule has 0 amide bonds. The van der Waals surface area contributed by atoms with Gasteiger partial charge in [-0.3, -0.25) is 0 Å². The van der Waals surface area contributed by atoms with Crippen LogP contribution in [0.5, 0.6) is 0 Å². The molecule has 0 atom stereocenters. The summed E-state index contributed by atoms with van der Waals surface area (Å²) in [4.78, 5) is 4.77. The molecule has 102 valence electrons. The van der Waals surface area contributed by atoms with Crippen LogP contribution >= 0.6 is 22.9 Å². The van der Waals surface area contributed by atoms with Crippen molar-refractivity contribution in [2.24, 2.45) is 5.84 Å². The molecule has 0 aromatic carbocycles. The first-order valence-electron chi connectivity index (χ1n) is 5.41. The highest BCUT2D eigenvalue weighted by molar-refractivity contribution is 7.16. The SMILES string of the molecule is NNc1nc(NCCc2ccc(Cl)s2)c(F)cc1F. The molecule has 0 fully saturated rings. The first kappa shape index (κ1) is 14.0. The molecule has 0 saturated heterocycles. The molecular weight excluding hydrogens is 294 g/mol. The summed E-state index contributed by atoms with van der Waals surface area (Å²) >= 11 is 7.26. The number of nitrogens with zero attached hydrogens (tertiary/aromatic N) is 1. The molecule has 0 spiro atoms. The average Bonchev–Trinajstić information content (AvgIpc) is 2.78. The van der Waals surface area contributed by atoms with Gasteiger partial charge in [0, 0.05) is 17.5 Å². The highest BCUT2D eigenvalue weighted by atomic mass is 35.5. The topological polar surface area (TPSA) is 63.0 Å². The predicted octanol–water partition coefficient (Wildman–Crippen LogP) is 3.01. The van der Waals surface area contributed by atoms with Gasteiger partial charge in [0.05, 0.1) is 4.34 Å². The standard InChI is InChI=1S/C11H11ClF2N4S/c12-9-2-1-6(19-9)3-4-16-10-7(13)5-8(14)11(17-10)18-15/h1-2,5H,3-4,15H2,(H2,16,17,18). The molecule has 2 aromatic rings. The highest BCUT2D eigenvalue weighted by Crippen LogP contribution is 2.22. The molecule has 0 unspecified atom stereocenters. The van der Waals surface area contributed by atoms with Crippen molar-refractivity contribution < 1.29 is 8.78 Å². The van der Waals surface area contributed by atoms with Crippen LogP contribution in [-0.4, -0.2) is 11.5 Å². The minimum absolute atomic E-state index is 0.0444. The lowest BCUT2D eigenvalue weighted by Crippen LogP contribution is -2.14. The van der Waals surface area contributed by atoms with Gasteiger partial charge in [0.25, 0.3) is 0 Å². The molecule has 0 saturated carbocycles. The van der Waals surface area contributed by atoms with Crippen molar-refractivity contribution in [1.29, 1.82) is 0 Å². The largest absolute Gasteiger partial charge is 0.367 e. The minimum Gasteiger partial charge on any atom is -0.367 e. The fourth-order valence-corrected chi connectivity index (χ4v) is 2.57. The zero-order chi connectivity index (χ0) is 13.8. The number of hydrogen-bond acceptors (Lipinski definition) is 5. The fourth-order valence-electron chi connectivity index (χ4n) is 1.48. The zero-order valence-electron chi connectivity index (χ0n) is 9.71. The molecule has 19 heavy (non-hydrogen) atoms. The molecule has 0 radical (unpaired) electrons. The molecule has 2 heterocycles. The normalized spacial score (nSPS) is 10.5. The number of nitrogen functional groups attached to an aromatic ring is 1. The van der Waals surface area contributed by atoms with Gasteiger partial charge in [-0.2, -0.15) is 0 Å². The number of nitrogens with two attached hydrogens (primary N) is 1. The van der Waals surface area contributed by atoms with E-state index in [1.165, 1.54) is 11.3 Å². The Morgan fingerprint density at radius 2 is 2.00 bits per heavy atom. The van der Waals surface area contributed by atoms with E-state index in [-0.39, 0.29) is 11.6 Å². The smallest absolute Gasteiger partial charge is 0.178 e. The van der Waals surface area contributed by atoms with Crippen LogP contribution in [0, 0.1) is 11.6 Å². The van der Waals surface area contributed by atoms with Gasteiger partial charge in [0.1, 0.15) is 0 Å². The molecule has 8 heteroatoms. The van der Waals surface area contributed by atoms with E-state index in [0.29, 0.717) is 17.3 Å². The lowest BCUT2D eigenvalue weighted by atomic mass is 10.3. The van der Waals surface area contributed by atoms with Gasteiger partial charge in [-0.15, -0.1) is 11.3 Å². The third-order valence-corrected chi connectivity index (χ3v) is 3.65. The Labute approximate surface area is 117 Å². The highest BCUT2D eigenvalue weighted by Gasteiger charge is 2.10. The van der Waals surface area contributed by atoms with Gasteiger partial charge in [-0.1, -0.05) is 11.6 Å². The Morgan fingerprint density at radius 1 is 1.26 bits per heavy atom.